The van der Waals surface area contributed by atoms with E-state index in [2.05, 4.69) is 10.3 Å². The number of carbonyl (C=O) groups is 1. The van der Waals surface area contributed by atoms with Gasteiger partial charge in [-0.1, -0.05) is 18.2 Å². The number of carbonyl (C=O) groups excluding carboxylic acids is 1. The van der Waals surface area contributed by atoms with E-state index in [9.17, 15) is 9.59 Å². The molecule has 0 aliphatic heterocycles. The maximum absolute atomic E-state index is 12.7. The number of nitrogens with zero attached hydrogens (tertiary/aromatic N) is 2. The fourth-order valence-electron chi connectivity index (χ4n) is 2.46. The van der Waals surface area contributed by atoms with Crippen molar-refractivity contribution in [3.63, 3.8) is 0 Å². The van der Waals surface area contributed by atoms with Crippen LogP contribution in [0.1, 0.15) is 10.4 Å². The van der Waals surface area contributed by atoms with Crippen LogP contribution in [0.2, 0.25) is 0 Å². The Morgan fingerprint density at radius 3 is 2.65 bits per heavy atom. The number of benzene rings is 2. The summed E-state index contributed by atoms with van der Waals surface area (Å²) in [5.74, 6) is 0.550. The summed E-state index contributed by atoms with van der Waals surface area (Å²) in [6.07, 6.45) is 2.95. The summed E-state index contributed by atoms with van der Waals surface area (Å²) in [6.45, 7) is 0. The lowest BCUT2D eigenvalue weighted by atomic mass is 10.2. The number of hydrogen-bond donors (Lipinski definition) is 1. The molecular formula is C19H17N3O4. The molecule has 1 aromatic heterocycles. The van der Waals surface area contributed by atoms with Crippen LogP contribution in [0.15, 0.2) is 65.7 Å². The van der Waals surface area contributed by atoms with Crippen LogP contribution in [0.25, 0.3) is 5.69 Å². The molecule has 0 saturated heterocycles. The van der Waals surface area contributed by atoms with Gasteiger partial charge in [0.25, 0.3) is 11.5 Å². The molecule has 1 amide bonds. The van der Waals surface area contributed by atoms with Crippen LogP contribution in [0, 0.1) is 0 Å². The van der Waals surface area contributed by atoms with Crippen molar-refractivity contribution in [2.45, 2.75) is 0 Å². The van der Waals surface area contributed by atoms with E-state index in [1.165, 1.54) is 31.2 Å². The first kappa shape index (κ1) is 17.2. The Hall–Kier alpha value is -3.61. The first-order valence-corrected chi connectivity index (χ1v) is 7.80. The van der Waals surface area contributed by atoms with Crippen molar-refractivity contribution >= 4 is 11.7 Å². The fourth-order valence-corrected chi connectivity index (χ4v) is 2.46. The van der Waals surface area contributed by atoms with Crippen molar-refractivity contribution < 1.29 is 14.3 Å². The smallest absolute Gasteiger partial charge is 0.298 e. The maximum atomic E-state index is 12.7. The summed E-state index contributed by atoms with van der Waals surface area (Å²) in [5.41, 5.74) is 0.450. The van der Waals surface area contributed by atoms with Crippen LogP contribution in [0.3, 0.4) is 0 Å². The van der Waals surface area contributed by atoms with Gasteiger partial charge in [-0.25, -0.2) is 4.98 Å². The van der Waals surface area contributed by atoms with Crippen LogP contribution < -0.4 is 20.3 Å². The second kappa shape index (κ2) is 7.52. The molecule has 0 bridgehead atoms. The zero-order valence-corrected chi connectivity index (χ0v) is 14.3. The molecule has 2 aromatic carbocycles. The fraction of sp³-hybridized carbons (Fsp3) is 0.105. The van der Waals surface area contributed by atoms with E-state index in [0.29, 0.717) is 22.7 Å². The van der Waals surface area contributed by atoms with E-state index in [4.69, 9.17) is 9.47 Å². The molecule has 0 unspecified atom stereocenters. The molecule has 0 aliphatic carbocycles. The standard InChI is InChI=1S/C19H17N3O4/c1-25-14-7-5-6-13(12-14)18(23)21-17-19(24)22(11-10-20-17)15-8-3-4-9-16(15)26-2/h3-12H,1-2H3,(H,20,21,23). The van der Waals surface area contributed by atoms with E-state index >= 15 is 0 Å². The average Bonchev–Trinajstić information content (AvgIpc) is 2.69. The SMILES string of the molecule is COc1cccc(C(=O)Nc2nccn(-c3ccccc3OC)c2=O)c1. The van der Waals surface area contributed by atoms with Gasteiger partial charge in [-0.15, -0.1) is 0 Å². The molecule has 1 N–H and O–H groups in total. The van der Waals surface area contributed by atoms with Gasteiger partial charge in [0.05, 0.1) is 19.9 Å². The molecule has 1 heterocycles. The van der Waals surface area contributed by atoms with Crippen LogP contribution >= 0.6 is 0 Å². The number of aromatic nitrogens is 2. The van der Waals surface area contributed by atoms with Gasteiger partial charge in [-0.3, -0.25) is 14.2 Å². The molecule has 132 valence electrons. The van der Waals surface area contributed by atoms with E-state index in [1.807, 2.05) is 0 Å². The largest absolute Gasteiger partial charge is 0.497 e. The minimum Gasteiger partial charge on any atom is -0.497 e. The highest BCUT2D eigenvalue weighted by Gasteiger charge is 2.14. The Labute approximate surface area is 149 Å². The Balaban J connectivity index is 1.95. The van der Waals surface area contributed by atoms with Crippen molar-refractivity contribution in [3.8, 4) is 17.2 Å². The number of hydrogen-bond acceptors (Lipinski definition) is 5. The van der Waals surface area contributed by atoms with Gasteiger partial charge < -0.3 is 14.8 Å². The maximum Gasteiger partial charge on any atom is 0.298 e. The Kier molecular flexibility index (Phi) is 4.98. The van der Waals surface area contributed by atoms with Crippen molar-refractivity contribution in [1.82, 2.24) is 9.55 Å². The van der Waals surface area contributed by atoms with Gasteiger partial charge in [0.1, 0.15) is 11.5 Å². The summed E-state index contributed by atoms with van der Waals surface area (Å²) in [6, 6.07) is 13.7. The minimum atomic E-state index is -0.465. The van der Waals surface area contributed by atoms with E-state index in [1.54, 1.807) is 48.5 Å². The highest BCUT2D eigenvalue weighted by molar-refractivity contribution is 6.03. The number of amides is 1. The van der Waals surface area contributed by atoms with Gasteiger partial charge in [0.2, 0.25) is 0 Å². The summed E-state index contributed by atoms with van der Waals surface area (Å²) in [4.78, 5) is 29.1. The summed E-state index contributed by atoms with van der Waals surface area (Å²) in [7, 11) is 3.04. The molecule has 0 fully saturated rings. The Morgan fingerprint density at radius 2 is 1.88 bits per heavy atom. The van der Waals surface area contributed by atoms with Crippen LogP contribution in [0.5, 0.6) is 11.5 Å². The second-order valence-corrected chi connectivity index (χ2v) is 5.31. The molecule has 0 aliphatic rings. The molecule has 0 spiro atoms. The average molecular weight is 351 g/mol. The molecule has 7 heteroatoms. The van der Waals surface area contributed by atoms with Gasteiger partial charge in [-0.2, -0.15) is 0 Å². The number of ether oxygens (including phenoxy) is 2. The van der Waals surface area contributed by atoms with E-state index in [0.717, 1.165) is 0 Å². The number of methoxy groups -OCH3 is 2. The number of anilines is 1. The van der Waals surface area contributed by atoms with Gasteiger partial charge in [0.15, 0.2) is 5.82 Å². The number of rotatable bonds is 5. The molecular weight excluding hydrogens is 334 g/mol. The molecule has 7 nitrogen and oxygen atoms in total. The summed E-state index contributed by atoms with van der Waals surface area (Å²) >= 11 is 0. The summed E-state index contributed by atoms with van der Waals surface area (Å²) < 4.78 is 11.8. The van der Waals surface area contributed by atoms with Crippen LogP contribution in [0.4, 0.5) is 5.82 Å². The lowest BCUT2D eigenvalue weighted by Gasteiger charge is -2.12. The quantitative estimate of drug-likeness (QED) is 0.764. The highest BCUT2D eigenvalue weighted by Crippen LogP contribution is 2.20. The first-order valence-electron chi connectivity index (χ1n) is 7.80. The molecule has 0 radical (unpaired) electrons. The lowest BCUT2D eigenvalue weighted by molar-refractivity contribution is 0.102. The Bertz CT molecular complexity index is 998. The van der Waals surface area contributed by atoms with Crippen LogP contribution in [-0.4, -0.2) is 29.7 Å². The molecule has 0 saturated carbocycles. The van der Waals surface area contributed by atoms with Gasteiger partial charge >= 0.3 is 0 Å². The zero-order chi connectivity index (χ0) is 18.5. The second-order valence-electron chi connectivity index (χ2n) is 5.31. The first-order chi connectivity index (χ1) is 12.6. The molecule has 0 atom stereocenters. The third-order valence-electron chi connectivity index (χ3n) is 3.75. The zero-order valence-electron chi connectivity index (χ0n) is 14.3. The molecule has 3 rings (SSSR count). The predicted octanol–water partition coefficient (Wildman–Crippen LogP) is 2.50. The number of para-hydroxylation sites is 2. The predicted molar refractivity (Wildman–Crippen MR) is 97.3 cm³/mol. The third-order valence-corrected chi connectivity index (χ3v) is 3.75. The van der Waals surface area contributed by atoms with Crippen LogP contribution in [-0.2, 0) is 0 Å². The van der Waals surface area contributed by atoms with E-state index in [-0.39, 0.29) is 5.82 Å². The van der Waals surface area contributed by atoms with Crippen molar-refractivity contribution in [2.75, 3.05) is 19.5 Å². The molecule has 26 heavy (non-hydrogen) atoms. The van der Waals surface area contributed by atoms with Crippen molar-refractivity contribution in [2.24, 2.45) is 0 Å². The third kappa shape index (κ3) is 3.41. The van der Waals surface area contributed by atoms with E-state index < -0.39 is 11.5 Å². The van der Waals surface area contributed by atoms with Gasteiger partial charge in [-0.05, 0) is 30.3 Å². The van der Waals surface area contributed by atoms with Crippen molar-refractivity contribution in [1.29, 1.82) is 0 Å². The normalized spacial score (nSPS) is 10.2. The minimum absolute atomic E-state index is 0.0776. The van der Waals surface area contributed by atoms with Crippen molar-refractivity contribution in [3.05, 3.63) is 76.8 Å². The monoisotopic (exact) mass is 351 g/mol. The number of nitrogens with one attached hydrogen (secondary N) is 1. The highest BCUT2D eigenvalue weighted by atomic mass is 16.5. The Morgan fingerprint density at radius 1 is 1.08 bits per heavy atom. The summed E-state index contributed by atoms with van der Waals surface area (Å²) in [5, 5.41) is 2.55. The molecule has 3 aromatic rings. The van der Waals surface area contributed by atoms with Gasteiger partial charge in [0, 0.05) is 18.0 Å². The topological polar surface area (TPSA) is 82.4 Å². The lowest BCUT2D eigenvalue weighted by Crippen LogP contribution is -2.26.